The molecule has 1 aliphatic heterocycles. The van der Waals surface area contributed by atoms with Gasteiger partial charge in [0.25, 0.3) is 0 Å². The summed E-state index contributed by atoms with van der Waals surface area (Å²) in [6.07, 6.45) is 0. The van der Waals surface area contributed by atoms with Crippen molar-refractivity contribution < 1.29 is 12.8 Å². The standard InChI is InChI=1S/C18H15FN4O2S/c19-16-5-3-6-17(15(16)13-21)22-8-10-23(11-9-22)26(24,25)18-7-2-1-4-14(18)12-20/h1-7H,8-11H2. The van der Waals surface area contributed by atoms with Crippen LogP contribution in [0.5, 0.6) is 0 Å². The van der Waals surface area contributed by atoms with Crippen LogP contribution in [0.1, 0.15) is 11.1 Å². The number of sulfonamides is 1. The van der Waals surface area contributed by atoms with Crippen LogP contribution in [0.15, 0.2) is 47.4 Å². The maximum atomic E-state index is 13.8. The quantitative estimate of drug-likeness (QED) is 0.825. The zero-order chi connectivity index (χ0) is 18.7. The van der Waals surface area contributed by atoms with E-state index in [1.165, 1.54) is 28.6 Å². The number of piperazine rings is 1. The summed E-state index contributed by atoms with van der Waals surface area (Å²) in [5.41, 5.74) is 0.521. The summed E-state index contributed by atoms with van der Waals surface area (Å²) >= 11 is 0. The lowest BCUT2D eigenvalue weighted by atomic mass is 10.1. The van der Waals surface area contributed by atoms with Crippen LogP contribution in [0, 0.1) is 28.5 Å². The van der Waals surface area contributed by atoms with Gasteiger partial charge in [0, 0.05) is 26.2 Å². The lowest BCUT2D eigenvalue weighted by Crippen LogP contribution is -2.49. The van der Waals surface area contributed by atoms with Crippen molar-refractivity contribution in [1.82, 2.24) is 4.31 Å². The van der Waals surface area contributed by atoms with E-state index in [0.717, 1.165) is 0 Å². The smallest absolute Gasteiger partial charge is 0.244 e. The Morgan fingerprint density at radius 3 is 2.27 bits per heavy atom. The maximum Gasteiger partial charge on any atom is 0.244 e. The molecule has 2 aromatic rings. The normalized spacial score (nSPS) is 15.3. The molecule has 0 atom stereocenters. The lowest BCUT2D eigenvalue weighted by molar-refractivity contribution is 0.384. The molecule has 8 heteroatoms. The van der Waals surface area contributed by atoms with Crippen molar-refractivity contribution in [2.75, 3.05) is 31.1 Å². The number of halogens is 1. The van der Waals surface area contributed by atoms with E-state index in [1.807, 2.05) is 12.1 Å². The molecule has 1 fully saturated rings. The Labute approximate surface area is 151 Å². The topological polar surface area (TPSA) is 88.2 Å². The highest BCUT2D eigenvalue weighted by Crippen LogP contribution is 2.26. The Hall–Kier alpha value is -2.94. The first-order valence-electron chi connectivity index (χ1n) is 7.92. The van der Waals surface area contributed by atoms with Crippen molar-refractivity contribution in [2.24, 2.45) is 0 Å². The summed E-state index contributed by atoms with van der Waals surface area (Å²) in [5.74, 6) is -0.594. The van der Waals surface area contributed by atoms with E-state index in [9.17, 15) is 12.8 Å². The minimum Gasteiger partial charge on any atom is -0.368 e. The Balaban J connectivity index is 1.82. The minimum absolute atomic E-state index is 0.0144. The number of anilines is 1. The second-order valence-electron chi connectivity index (χ2n) is 5.74. The van der Waals surface area contributed by atoms with Crippen molar-refractivity contribution in [2.45, 2.75) is 4.90 Å². The van der Waals surface area contributed by atoms with Gasteiger partial charge in [-0.3, -0.25) is 0 Å². The van der Waals surface area contributed by atoms with Gasteiger partial charge in [-0.2, -0.15) is 14.8 Å². The average molecular weight is 370 g/mol. The summed E-state index contributed by atoms with van der Waals surface area (Å²) in [7, 11) is -3.79. The molecule has 6 nitrogen and oxygen atoms in total. The third-order valence-corrected chi connectivity index (χ3v) is 6.26. The molecule has 0 N–H and O–H groups in total. The highest BCUT2D eigenvalue weighted by molar-refractivity contribution is 7.89. The highest BCUT2D eigenvalue weighted by Gasteiger charge is 2.31. The third kappa shape index (κ3) is 3.13. The van der Waals surface area contributed by atoms with Gasteiger partial charge in [-0.05, 0) is 24.3 Å². The van der Waals surface area contributed by atoms with Crippen LogP contribution in [-0.4, -0.2) is 38.9 Å². The molecule has 0 aliphatic carbocycles. The van der Waals surface area contributed by atoms with Crippen molar-refractivity contribution >= 4 is 15.7 Å². The van der Waals surface area contributed by atoms with E-state index >= 15 is 0 Å². The molecule has 2 aromatic carbocycles. The van der Waals surface area contributed by atoms with E-state index in [2.05, 4.69) is 0 Å². The van der Waals surface area contributed by atoms with Crippen LogP contribution < -0.4 is 4.90 Å². The Kier molecular flexibility index (Phi) is 4.90. The van der Waals surface area contributed by atoms with Crippen molar-refractivity contribution in [3.8, 4) is 12.1 Å². The second kappa shape index (κ2) is 7.12. The zero-order valence-electron chi connectivity index (χ0n) is 13.8. The molecule has 0 bridgehead atoms. The SMILES string of the molecule is N#Cc1ccccc1S(=O)(=O)N1CCN(c2cccc(F)c2C#N)CC1. The maximum absolute atomic E-state index is 13.8. The molecule has 0 amide bonds. The fourth-order valence-electron chi connectivity index (χ4n) is 2.98. The van der Waals surface area contributed by atoms with Gasteiger partial charge in [0.05, 0.1) is 16.1 Å². The summed E-state index contributed by atoms with van der Waals surface area (Å²) in [6.45, 7) is 1.02. The van der Waals surface area contributed by atoms with E-state index < -0.39 is 15.8 Å². The van der Waals surface area contributed by atoms with Crippen LogP contribution in [0.2, 0.25) is 0 Å². The predicted molar refractivity (Wildman–Crippen MR) is 93.2 cm³/mol. The summed E-state index contributed by atoms with van der Waals surface area (Å²) in [6, 6.07) is 14.2. The van der Waals surface area contributed by atoms with Gasteiger partial charge in [0.1, 0.15) is 23.5 Å². The van der Waals surface area contributed by atoms with E-state index in [-0.39, 0.29) is 29.1 Å². The third-order valence-electron chi connectivity index (χ3n) is 4.31. The molecule has 0 saturated carbocycles. The molecule has 132 valence electrons. The van der Waals surface area contributed by atoms with Crippen LogP contribution in [0.25, 0.3) is 0 Å². The highest BCUT2D eigenvalue weighted by atomic mass is 32.2. The van der Waals surface area contributed by atoms with E-state index in [4.69, 9.17) is 10.5 Å². The molecule has 0 radical (unpaired) electrons. The van der Waals surface area contributed by atoms with Crippen LogP contribution in [-0.2, 0) is 10.0 Å². The summed E-state index contributed by atoms with van der Waals surface area (Å²) in [5, 5.41) is 18.3. The molecule has 1 aliphatic rings. The molecular weight excluding hydrogens is 355 g/mol. The van der Waals surface area contributed by atoms with Crippen LogP contribution in [0.4, 0.5) is 10.1 Å². The number of benzene rings is 2. The zero-order valence-corrected chi connectivity index (χ0v) is 14.6. The number of hydrogen-bond donors (Lipinski definition) is 0. The molecule has 0 aromatic heterocycles. The van der Waals surface area contributed by atoms with E-state index in [1.54, 1.807) is 23.1 Å². The van der Waals surface area contributed by atoms with Crippen LogP contribution in [0.3, 0.4) is 0 Å². The van der Waals surface area contributed by atoms with Gasteiger partial charge < -0.3 is 4.90 Å². The number of rotatable bonds is 3. The largest absolute Gasteiger partial charge is 0.368 e. The van der Waals surface area contributed by atoms with Gasteiger partial charge in [-0.1, -0.05) is 18.2 Å². The first-order chi connectivity index (χ1) is 12.5. The molecule has 0 unspecified atom stereocenters. The van der Waals surface area contributed by atoms with E-state index in [0.29, 0.717) is 18.8 Å². The molecular formula is C18H15FN4O2S. The molecule has 26 heavy (non-hydrogen) atoms. The molecule has 1 saturated heterocycles. The molecule has 1 heterocycles. The average Bonchev–Trinajstić information content (AvgIpc) is 2.67. The fraction of sp³-hybridized carbons (Fsp3) is 0.222. The minimum atomic E-state index is -3.79. The predicted octanol–water partition coefficient (Wildman–Crippen LogP) is 2.08. The number of nitrogens with zero attached hydrogens (tertiary/aromatic N) is 4. The van der Waals surface area contributed by atoms with Crippen molar-refractivity contribution in [3.05, 3.63) is 59.4 Å². The first-order valence-corrected chi connectivity index (χ1v) is 9.36. The fourth-order valence-corrected chi connectivity index (χ4v) is 4.54. The van der Waals surface area contributed by atoms with Gasteiger partial charge in [-0.15, -0.1) is 0 Å². The van der Waals surface area contributed by atoms with Crippen LogP contribution >= 0.6 is 0 Å². The Morgan fingerprint density at radius 2 is 1.62 bits per heavy atom. The van der Waals surface area contributed by atoms with Crippen molar-refractivity contribution in [1.29, 1.82) is 10.5 Å². The number of hydrogen-bond acceptors (Lipinski definition) is 5. The van der Waals surface area contributed by atoms with Gasteiger partial charge in [0.15, 0.2) is 0 Å². The molecule has 3 rings (SSSR count). The van der Waals surface area contributed by atoms with Gasteiger partial charge in [-0.25, -0.2) is 12.8 Å². The van der Waals surface area contributed by atoms with Crippen molar-refractivity contribution in [3.63, 3.8) is 0 Å². The second-order valence-corrected chi connectivity index (χ2v) is 7.65. The Bertz CT molecular complexity index is 1020. The van der Waals surface area contributed by atoms with Gasteiger partial charge in [0.2, 0.25) is 10.0 Å². The lowest BCUT2D eigenvalue weighted by Gasteiger charge is -2.35. The summed E-state index contributed by atoms with van der Waals surface area (Å²) < 4.78 is 40.8. The molecule has 0 spiro atoms. The monoisotopic (exact) mass is 370 g/mol. The Morgan fingerprint density at radius 1 is 0.923 bits per heavy atom. The first kappa shape index (κ1) is 17.9. The number of nitriles is 2. The summed E-state index contributed by atoms with van der Waals surface area (Å²) in [4.78, 5) is 1.78. The van der Waals surface area contributed by atoms with Gasteiger partial charge >= 0.3 is 0 Å².